The number of halogens is 1. The number of carbonyl (C=O) groups excluding carboxylic acids is 1. The SMILES string of the molecule is NCc1cc(C(=O)N2CCCC(O)C2)ccc1N1C=CSC1c1ccc(F)cc1. The molecule has 2 aromatic carbocycles. The molecule has 2 aliphatic rings. The summed E-state index contributed by atoms with van der Waals surface area (Å²) in [6.07, 6.45) is 3.07. The van der Waals surface area contributed by atoms with Crippen LogP contribution in [0.1, 0.15) is 39.7 Å². The van der Waals surface area contributed by atoms with E-state index in [0.29, 0.717) is 25.2 Å². The Bertz CT molecular complexity index is 919. The third kappa shape index (κ3) is 4.17. The number of rotatable bonds is 4. The van der Waals surface area contributed by atoms with Gasteiger partial charge in [-0.1, -0.05) is 12.1 Å². The summed E-state index contributed by atoms with van der Waals surface area (Å²) in [4.78, 5) is 16.7. The lowest BCUT2D eigenvalue weighted by molar-refractivity contribution is 0.0473. The number of amides is 1. The Hall–Kier alpha value is -2.35. The van der Waals surface area contributed by atoms with E-state index < -0.39 is 6.10 Å². The first-order chi connectivity index (χ1) is 14.1. The molecule has 7 heteroatoms. The van der Waals surface area contributed by atoms with Gasteiger partial charge < -0.3 is 20.6 Å². The second-order valence-electron chi connectivity index (χ2n) is 7.33. The highest BCUT2D eigenvalue weighted by Gasteiger charge is 2.27. The van der Waals surface area contributed by atoms with Crippen molar-refractivity contribution in [3.63, 3.8) is 0 Å². The van der Waals surface area contributed by atoms with Gasteiger partial charge in [-0.15, -0.1) is 11.8 Å². The summed E-state index contributed by atoms with van der Waals surface area (Å²) < 4.78 is 13.3. The van der Waals surface area contributed by atoms with Gasteiger partial charge in [0.15, 0.2) is 0 Å². The van der Waals surface area contributed by atoms with E-state index in [-0.39, 0.29) is 17.1 Å². The van der Waals surface area contributed by atoms with Crippen LogP contribution >= 0.6 is 11.8 Å². The van der Waals surface area contributed by atoms with Crippen LogP contribution in [0.5, 0.6) is 0 Å². The van der Waals surface area contributed by atoms with Gasteiger partial charge in [-0.05, 0) is 59.7 Å². The highest BCUT2D eigenvalue weighted by Crippen LogP contribution is 2.43. The summed E-state index contributed by atoms with van der Waals surface area (Å²) >= 11 is 1.64. The van der Waals surface area contributed by atoms with Crippen LogP contribution in [-0.4, -0.2) is 35.1 Å². The van der Waals surface area contributed by atoms with Crippen molar-refractivity contribution in [3.05, 3.63) is 76.6 Å². The molecule has 5 nitrogen and oxygen atoms in total. The third-order valence-corrected chi connectivity index (χ3v) is 6.38. The second-order valence-corrected chi connectivity index (χ2v) is 8.32. The molecule has 0 radical (unpaired) electrons. The molecule has 2 aliphatic heterocycles. The molecule has 0 saturated carbocycles. The minimum absolute atomic E-state index is 0.0142. The molecule has 0 bridgehead atoms. The molecule has 0 spiro atoms. The summed E-state index contributed by atoms with van der Waals surface area (Å²) in [5.41, 5.74) is 9.39. The number of piperidine rings is 1. The summed E-state index contributed by atoms with van der Waals surface area (Å²) in [7, 11) is 0. The van der Waals surface area contributed by atoms with Gasteiger partial charge >= 0.3 is 0 Å². The van der Waals surface area contributed by atoms with Crippen LogP contribution in [0.4, 0.5) is 10.1 Å². The number of thioether (sulfide) groups is 1. The van der Waals surface area contributed by atoms with Gasteiger partial charge in [-0.2, -0.15) is 0 Å². The molecule has 0 aliphatic carbocycles. The first-order valence-electron chi connectivity index (χ1n) is 9.73. The number of hydrogen-bond donors (Lipinski definition) is 2. The van der Waals surface area contributed by atoms with Crippen molar-refractivity contribution >= 4 is 23.4 Å². The normalized spacial score (nSPS) is 21.6. The smallest absolute Gasteiger partial charge is 0.253 e. The zero-order valence-corrected chi connectivity index (χ0v) is 16.8. The maximum absolute atomic E-state index is 13.3. The van der Waals surface area contributed by atoms with E-state index in [2.05, 4.69) is 4.90 Å². The molecule has 1 saturated heterocycles. The van der Waals surface area contributed by atoms with Gasteiger partial charge in [-0.3, -0.25) is 4.79 Å². The highest BCUT2D eigenvalue weighted by atomic mass is 32.2. The molecule has 2 heterocycles. The van der Waals surface area contributed by atoms with Crippen LogP contribution in [0, 0.1) is 5.82 Å². The van der Waals surface area contributed by atoms with E-state index in [4.69, 9.17) is 5.73 Å². The molecule has 3 N–H and O–H groups in total. The van der Waals surface area contributed by atoms with E-state index >= 15 is 0 Å². The first-order valence-corrected chi connectivity index (χ1v) is 10.7. The average molecular weight is 414 g/mol. The number of aliphatic hydroxyl groups is 1. The lowest BCUT2D eigenvalue weighted by Crippen LogP contribution is -2.42. The van der Waals surface area contributed by atoms with Crippen molar-refractivity contribution in [1.82, 2.24) is 4.90 Å². The number of aliphatic hydroxyl groups excluding tert-OH is 1. The summed E-state index contributed by atoms with van der Waals surface area (Å²) in [6.45, 7) is 1.33. The molecule has 2 aromatic rings. The van der Waals surface area contributed by atoms with Gasteiger partial charge in [0.1, 0.15) is 11.2 Å². The molecular weight excluding hydrogens is 389 g/mol. The Labute approximate surface area is 174 Å². The van der Waals surface area contributed by atoms with Gasteiger partial charge in [0.25, 0.3) is 5.91 Å². The van der Waals surface area contributed by atoms with Crippen molar-refractivity contribution in [3.8, 4) is 0 Å². The van der Waals surface area contributed by atoms with Crippen LogP contribution in [0.3, 0.4) is 0 Å². The predicted octanol–water partition coefficient (Wildman–Crippen LogP) is 3.60. The molecule has 2 unspecified atom stereocenters. The Morgan fingerprint density at radius 3 is 2.76 bits per heavy atom. The fourth-order valence-corrected chi connectivity index (χ4v) is 4.83. The van der Waals surface area contributed by atoms with E-state index in [1.165, 1.54) is 12.1 Å². The number of nitrogens with zero attached hydrogens (tertiary/aromatic N) is 2. The molecular formula is C22H24FN3O2S. The fraction of sp³-hybridized carbons (Fsp3) is 0.318. The largest absolute Gasteiger partial charge is 0.391 e. The van der Waals surface area contributed by atoms with Crippen molar-refractivity contribution in [2.75, 3.05) is 18.0 Å². The second kappa shape index (κ2) is 8.57. The van der Waals surface area contributed by atoms with Crippen LogP contribution in [0.25, 0.3) is 0 Å². The van der Waals surface area contributed by atoms with Gasteiger partial charge in [0, 0.05) is 37.1 Å². The van der Waals surface area contributed by atoms with E-state index in [1.807, 2.05) is 29.8 Å². The lowest BCUT2D eigenvalue weighted by Gasteiger charge is -2.31. The van der Waals surface area contributed by atoms with E-state index in [0.717, 1.165) is 29.7 Å². The van der Waals surface area contributed by atoms with Gasteiger partial charge in [-0.25, -0.2) is 4.39 Å². The molecule has 1 fully saturated rings. The molecule has 152 valence electrons. The minimum atomic E-state index is -0.454. The quantitative estimate of drug-likeness (QED) is 0.802. The number of anilines is 1. The van der Waals surface area contributed by atoms with Crippen LogP contribution < -0.4 is 10.6 Å². The van der Waals surface area contributed by atoms with E-state index in [9.17, 15) is 14.3 Å². The van der Waals surface area contributed by atoms with Crippen LogP contribution in [0.15, 0.2) is 54.1 Å². The maximum atomic E-state index is 13.3. The van der Waals surface area contributed by atoms with Gasteiger partial charge in [0.2, 0.25) is 0 Å². The van der Waals surface area contributed by atoms with Crippen LogP contribution in [-0.2, 0) is 6.54 Å². The third-order valence-electron chi connectivity index (χ3n) is 5.34. The molecule has 4 rings (SSSR count). The van der Waals surface area contributed by atoms with Crippen molar-refractivity contribution in [2.45, 2.75) is 30.9 Å². The zero-order valence-electron chi connectivity index (χ0n) is 16.0. The molecule has 2 atom stereocenters. The van der Waals surface area contributed by atoms with E-state index in [1.54, 1.807) is 28.8 Å². The number of benzene rings is 2. The summed E-state index contributed by atoms with van der Waals surface area (Å²) in [6, 6.07) is 12.1. The fourth-order valence-electron chi connectivity index (χ4n) is 3.85. The molecule has 0 aromatic heterocycles. The predicted molar refractivity (Wildman–Crippen MR) is 114 cm³/mol. The Kier molecular flexibility index (Phi) is 5.89. The Morgan fingerprint density at radius 2 is 2.03 bits per heavy atom. The summed E-state index contributed by atoms with van der Waals surface area (Å²) in [5.74, 6) is -0.337. The summed E-state index contributed by atoms with van der Waals surface area (Å²) in [5, 5.41) is 11.9. The first kappa shape index (κ1) is 19.9. The van der Waals surface area contributed by atoms with Crippen molar-refractivity contribution in [1.29, 1.82) is 0 Å². The van der Waals surface area contributed by atoms with Crippen LogP contribution in [0.2, 0.25) is 0 Å². The highest BCUT2D eigenvalue weighted by molar-refractivity contribution is 8.02. The Balaban J connectivity index is 1.60. The lowest BCUT2D eigenvalue weighted by atomic mass is 10.0. The number of hydrogen-bond acceptors (Lipinski definition) is 5. The number of likely N-dealkylation sites (tertiary alicyclic amines) is 1. The average Bonchev–Trinajstić information content (AvgIpc) is 3.23. The molecule has 1 amide bonds. The topological polar surface area (TPSA) is 69.8 Å². The number of nitrogens with two attached hydrogens (primary N) is 1. The van der Waals surface area contributed by atoms with Crippen molar-refractivity contribution < 1.29 is 14.3 Å². The maximum Gasteiger partial charge on any atom is 0.253 e. The Morgan fingerprint density at radius 1 is 1.24 bits per heavy atom. The van der Waals surface area contributed by atoms with Gasteiger partial charge in [0.05, 0.1) is 6.10 Å². The minimum Gasteiger partial charge on any atom is -0.391 e. The number of β-amino-alcohol motifs (C(OH)–C–C–N with tert-alkyl or cyclic N) is 1. The monoisotopic (exact) mass is 413 g/mol. The zero-order chi connectivity index (χ0) is 20.4. The standard InChI is InChI=1S/C22H24FN3O2S/c23-18-6-3-15(4-7-18)22-26(10-11-29-22)20-8-5-16(12-17(20)13-24)21(28)25-9-1-2-19(27)14-25/h3-8,10-12,19,22,27H,1-2,9,13-14,24H2. The molecule has 29 heavy (non-hydrogen) atoms. The van der Waals surface area contributed by atoms with Crippen molar-refractivity contribution in [2.24, 2.45) is 5.73 Å². The number of carbonyl (C=O) groups is 1.